The topological polar surface area (TPSA) is 64.1 Å². The number of nitrogens with two attached hydrogens (primary N) is 2. The van der Waals surface area contributed by atoms with Crippen molar-refractivity contribution in [1.82, 2.24) is 5.32 Å². The third-order valence-electron chi connectivity index (χ3n) is 1.28. The van der Waals surface area contributed by atoms with Crippen molar-refractivity contribution in [2.24, 2.45) is 11.5 Å². The molecule has 9 heavy (non-hydrogen) atoms. The van der Waals surface area contributed by atoms with Crippen molar-refractivity contribution in [1.29, 1.82) is 0 Å². The SMILES string of the molecule is CC(CN)NC(C)CN. The number of nitrogens with one attached hydrogen (secondary N) is 1. The average molecular weight is 131 g/mol. The summed E-state index contributed by atoms with van der Waals surface area (Å²) in [5.74, 6) is 0. The van der Waals surface area contributed by atoms with Gasteiger partial charge < -0.3 is 16.8 Å². The smallest absolute Gasteiger partial charge is 0.0164 e. The van der Waals surface area contributed by atoms with Crippen LogP contribution in [0, 0.1) is 0 Å². The highest BCUT2D eigenvalue weighted by Gasteiger charge is 2.01. The first kappa shape index (κ1) is 8.88. The third-order valence-corrected chi connectivity index (χ3v) is 1.28. The maximum absolute atomic E-state index is 5.37. The molecule has 0 fully saturated rings. The molecule has 56 valence electrons. The molecular formula is C6H17N3. The van der Waals surface area contributed by atoms with Gasteiger partial charge in [-0.25, -0.2) is 0 Å². The fourth-order valence-corrected chi connectivity index (χ4v) is 0.622. The second-order valence-electron chi connectivity index (χ2n) is 2.44. The van der Waals surface area contributed by atoms with Crippen molar-refractivity contribution < 1.29 is 0 Å². The van der Waals surface area contributed by atoms with E-state index in [4.69, 9.17) is 11.5 Å². The molecule has 0 aromatic carbocycles. The Morgan fingerprint density at radius 1 is 1.11 bits per heavy atom. The summed E-state index contributed by atoms with van der Waals surface area (Å²) in [6, 6.07) is 0.757. The molecule has 0 aliphatic carbocycles. The fraction of sp³-hybridized carbons (Fsp3) is 1.00. The van der Waals surface area contributed by atoms with E-state index in [-0.39, 0.29) is 0 Å². The van der Waals surface area contributed by atoms with Gasteiger partial charge in [0, 0.05) is 25.2 Å². The monoisotopic (exact) mass is 131 g/mol. The number of hydrogen-bond donors (Lipinski definition) is 3. The van der Waals surface area contributed by atoms with Gasteiger partial charge in [0.25, 0.3) is 0 Å². The predicted molar refractivity (Wildman–Crippen MR) is 40.2 cm³/mol. The van der Waals surface area contributed by atoms with Gasteiger partial charge in [0.15, 0.2) is 0 Å². The highest BCUT2D eigenvalue weighted by atomic mass is 15.0. The van der Waals surface area contributed by atoms with Crippen molar-refractivity contribution in [3.63, 3.8) is 0 Å². The van der Waals surface area contributed by atoms with Crippen molar-refractivity contribution in [3.8, 4) is 0 Å². The van der Waals surface area contributed by atoms with E-state index in [0.29, 0.717) is 25.2 Å². The van der Waals surface area contributed by atoms with Gasteiger partial charge in [-0.2, -0.15) is 0 Å². The molecule has 2 unspecified atom stereocenters. The van der Waals surface area contributed by atoms with Crippen LogP contribution >= 0.6 is 0 Å². The second-order valence-corrected chi connectivity index (χ2v) is 2.44. The summed E-state index contributed by atoms with van der Waals surface area (Å²) < 4.78 is 0. The molecule has 0 spiro atoms. The van der Waals surface area contributed by atoms with E-state index in [1.54, 1.807) is 0 Å². The first-order valence-corrected chi connectivity index (χ1v) is 3.37. The molecule has 5 N–H and O–H groups in total. The van der Waals surface area contributed by atoms with Crippen molar-refractivity contribution in [2.45, 2.75) is 25.9 Å². The van der Waals surface area contributed by atoms with Crippen LogP contribution in [-0.2, 0) is 0 Å². The van der Waals surface area contributed by atoms with Crippen LogP contribution in [0.25, 0.3) is 0 Å². The minimum absolute atomic E-state index is 0.378. The summed E-state index contributed by atoms with van der Waals surface area (Å²) >= 11 is 0. The Bertz CT molecular complexity index is 57.3. The molecule has 0 aliphatic rings. The van der Waals surface area contributed by atoms with Gasteiger partial charge in [0.2, 0.25) is 0 Å². The summed E-state index contributed by atoms with van der Waals surface area (Å²) in [6.07, 6.45) is 0. The lowest BCUT2D eigenvalue weighted by molar-refractivity contribution is 0.477. The molecular weight excluding hydrogens is 114 g/mol. The highest BCUT2D eigenvalue weighted by Crippen LogP contribution is 1.81. The molecule has 0 amide bonds. The van der Waals surface area contributed by atoms with Gasteiger partial charge in [-0.3, -0.25) is 0 Å². The quantitative estimate of drug-likeness (QED) is 0.471. The zero-order chi connectivity index (χ0) is 7.28. The molecule has 3 nitrogen and oxygen atoms in total. The van der Waals surface area contributed by atoms with E-state index in [2.05, 4.69) is 5.32 Å². The Morgan fingerprint density at radius 2 is 1.44 bits per heavy atom. The second kappa shape index (κ2) is 4.73. The standard InChI is InChI=1S/C6H17N3/c1-5(3-7)9-6(2)4-8/h5-6,9H,3-4,7-8H2,1-2H3. The van der Waals surface area contributed by atoms with Gasteiger partial charge in [0.05, 0.1) is 0 Å². The normalized spacial score (nSPS) is 17.3. The summed E-state index contributed by atoms with van der Waals surface area (Å²) in [5.41, 5.74) is 10.7. The van der Waals surface area contributed by atoms with Crippen LogP contribution in [0.15, 0.2) is 0 Å². The van der Waals surface area contributed by atoms with E-state index < -0.39 is 0 Å². The zero-order valence-corrected chi connectivity index (χ0v) is 6.22. The van der Waals surface area contributed by atoms with Crippen LogP contribution in [0.5, 0.6) is 0 Å². The van der Waals surface area contributed by atoms with Gasteiger partial charge in [0.1, 0.15) is 0 Å². The molecule has 0 aromatic heterocycles. The lowest BCUT2D eigenvalue weighted by Crippen LogP contribution is -2.42. The van der Waals surface area contributed by atoms with Crippen LogP contribution in [0.2, 0.25) is 0 Å². The van der Waals surface area contributed by atoms with E-state index in [1.165, 1.54) is 0 Å². The molecule has 0 heterocycles. The average Bonchev–Trinajstić information content (AvgIpc) is 1.87. The Hall–Kier alpha value is -0.120. The summed E-state index contributed by atoms with van der Waals surface area (Å²) in [6.45, 7) is 5.44. The number of rotatable bonds is 4. The van der Waals surface area contributed by atoms with Crippen molar-refractivity contribution >= 4 is 0 Å². The molecule has 0 saturated carbocycles. The van der Waals surface area contributed by atoms with Crippen molar-refractivity contribution in [3.05, 3.63) is 0 Å². The lowest BCUT2D eigenvalue weighted by atomic mass is 10.2. The van der Waals surface area contributed by atoms with Crippen LogP contribution < -0.4 is 16.8 Å². The van der Waals surface area contributed by atoms with Gasteiger partial charge in [-0.1, -0.05) is 0 Å². The highest BCUT2D eigenvalue weighted by molar-refractivity contribution is 4.67. The van der Waals surface area contributed by atoms with Gasteiger partial charge in [-0.15, -0.1) is 0 Å². The summed E-state index contributed by atoms with van der Waals surface area (Å²) in [7, 11) is 0. The number of hydrogen-bond acceptors (Lipinski definition) is 3. The fourth-order valence-electron chi connectivity index (χ4n) is 0.622. The zero-order valence-electron chi connectivity index (χ0n) is 6.22. The van der Waals surface area contributed by atoms with Gasteiger partial charge in [-0.05, 0) is 13.8 Å². The maximum Gasteiger partial charge on any atom is 0.0164 e. The molecule has 0 aromatic rings. The Labute approximate surface area is 56.8 Å². The van der Waals surface area contributed by atoms with Crippen LogP contribution in [0.1, 0.15) is 13.8 Å². The molecule has 0 saturated heterocycles. The molecule has 0 radical (unpaired) electrons. The van der Waals surface area contributed by atoms with Crippen LogP contribution in [0.4, 0.5) is 0 Å². The maximum atomic E-state index is 5.37. The molecule has 2 atom stereocenters. The lowest BCUT2D eigenvalue weighted by Gasteiger charge is -2.16. The molecule has 0 rings (SSSR count). The molecule has 0 aliphatic heterocycles. The predicted octanol–water partition coefficient (Wildman–Crippen LogP) is -0.730. The Kier molecular flexibility index (Phi) is 4.67. The first-order chi connectivity index (χ1) is 4.20. The minimum Gasteiger partial charge on any atom is -0.329 e. The Balaban J connectivity index is 3.22. The summed E-state index contributed by atoms with van der Waals surface area (Å²) in [5, 5.41) is 3.23. The first-order valence-electron chi connectivity index (χ1n) is 3.37. The van der Waals surface area contributed by atoms with Crippen LogP contribution in [-0.4, -0.2) is 25.2 Å². The Morgan fingerprint density at radius 3 is 1.67 bits per heavy atom. The van der Waals surface area contributed by atoms with E-state index in [0.717, 1.165) is 0 Å². The van der Waals surface area contributed by atoms with Crippen LogP contribution in [0.3, 0.4) is 0 Å². The van der Waals surface area contributed by atoms with E-state index in [9.17, 15) is 0 Å². The van der Waals surface area contributed by atoms with E-state index >= 15 is 0 Å². The third kappa shape index (κ3) is 4.39. The minimum atomic E-state index is 0.378. The molecule has 3 heteroatoms. The van der Waals surface area contributed by atoms with Crippen molar-refractivity contribution in [2.75, 3.05) is 13.1 Å². The van der Waals surface area contributed by atoms with Gasteiger partial charge >= 0.3 is 0 Å². The van der Waals surface area contributed by atoms with E-state index in [1.807, 2.05) is 13.8 Å². The molecule has 0 bridgehead atoms. The largest absolute Gasteiger partial charge is 0.329 e. The summed E-state index contributed by atoms with van der Waals surface area (Å²) in [4.78, 5) is 0.